The van der Waals surface area contributed by atoms with E-state index in [-0.39, 0.29) is 18.1 Å². The van der Waals surface area contributed by atoms with Gasteiger partial charge in [-0.05, 0) is 50.2 Å². The Labute approximate surface area is 173 Å². The summed E-state index contributed by atoms with van der Waals surface area (Å²) in [6.07, 6.45) is 2.14. The summed E-state index contributed by atoms with van der Waals surface area (Å²) in [5.41, 5.74) is 2.12. The van der Waals surface area contributed by atoms with Crippen LogP contribution in [-0.2, 0) is 0 Å². The molecule has 0 bridgehead atoms. The van der Waals surface area contributed by atoms with E-state index in [9.17, 15) is 13.9 Å². The normalized spacial score (nSPS) is 16.8. The molecule has 3 aromatic rings. The summed E-state index contributed by atoms with van der Waals surface area (Å²) in [6.45, 7) is 1.80. The van der Waals surface area contributed by atoms with Crippen molar-refractivity contribution in [1.29, 1.82) is 0 Å². The number of piperidine rings is 1. The van der Waals surface area contributed by atoms with Crippen molar-refractivity contribution in [2.75, 3.05) is 33.4 Å². The third-order valence-corrected chi connectivity index (χ3v) is 5.77. The average Bonchev–Trinajstić information content (AvgIpc) is 3.18. The molecule has 1 aromatic carbocycles. The Hall–Kier alpha value is -2.55. The molecule has 0 spiro atoms. The van der Waals surface area contributed by atoms with E-state index < -0.39 is 17.7 Å². The van der Waals surface area contributed by atoms with E-state index in [1.54, 1.807) is 0 Å². The number of aromatic nitrogens is 2. The molecule has 0 saturated carbocycles. The summed E-state index contributed by atoms with van der Waals surface area (Å²) in [7, 11) is 1.47. The Morgan fingerprint density at radius 2 is 2.03 bits per heavy atom. The Kier molecular flexibility index (Phi) is 5.99. The van der Waals surface area contributed by atoms with Gasteiger partial charge in [0.25, 0.3) is 0 Å². The van der Waals surface area contributed by atoms with Crippen LogP contribution in [0.15, 0.2) is 30.5 Å². The minimum Gasteiger partial charge on any atom is -0.496 e. The fraction of sp³-hybridized carbons (Fsp3) is 0.409. The number of benzene rings is 1. The second kappa shape index (κ2) is 8.67. The van der Waals surface area contributed by atoms with Crippen LogP contribution in [0.2, 0.25) is 0 Å². The fourth-order valence-corrected chi connectivity index (χ4v) is 4.22. The van der Waals surface area contributed by atoms with E-state index >= 15 is 0 Å². The number of fused-ring (bicyclic) bond motifs is 1. The van der Waals surface area contributed by atoms with Gasteiger partial charge in [0.2, 0.25) is 0 Å². The first kappa shape index (κ1) is 20.7. The molecule has 4 rings (SSSR count). The fourth-order valence-electron chi connectivity index (χ4n) is 4.22. The Morgan fingerprint density at radius 1 is 1.27 bits per heavy atom. The molecule has 160 valence electrons. The first-order valence-electron chi connectivity index (χ1n) is 10.0. The predicted octanol–water partition coefficient (Wildman–Crippen LogP) is 3.05. The lowest BCUT2D eigenvalue weighted by Gasteiger charge is -2.32. The second-order valence-corrected chi connectivity index (χ2v) is 7.72. The number of nitrogens with one attached hydrogen (secondary N) is 1. The summed E-state index contributed by atoms with van der Waals surface area (Å²) in [4.78, 5) is 9.62. The zero-order valence-electron chi connectivity index (χ0n) is 16.7. The van der Waals surface area contributed by atoms with Crippen LogP contribution >= 0.6 is 0 Å². The maximum absolute atomic E-state index is 14.8. The number of nitrogens with zero attached hydrogens (tertiary/aromatic N) is 2. The molecule has 0 aliphatic carbocycles. The number of β-amino-alcohol motifs (C(OH)–C–C–N with tert-alkyl or cyclic N) is 1. The number of rotatable bonds is 6. The van der Waals surface area contributed by atoms with Crippen LogP contribution in [0, 0.1) is 11.6 Å². The van der Waals surface area contributed by atoms with Gasteiger partial charge in [-0.25, -0.2) is 13.8 Å². The number of halogens is 2. The lowest BCUT2D eigenvalue weighted by atomic mass is 9.93. The SMILES string of the molecule is COc1ccc(F)cc1-c1c(F)cnc2[nH]c(C3CCN(CC(O)CO)CC3)cc12. The highest BCUT2D eigenvalue weighted by Gasteiger charge is 2.25. The molecule has 6 nitrogen and oxygen atoms in total. The zero-order chi connectivity index (χ0) is 21.3. The van der Waals surface area contributed by atoms with Gasteiger partial charge in [-0.3, -0.25) is 0 Å². The van der Waals surface area contributed by atoms with E-state index in [1.807, 2.05) is 6.07 Å². The van der Waals surface area contributed by atoms with E-state index in [4.69, 9.17) is 9.84 Å². The number of aromatic amines is 1. The third kappa shape index (κ3) is 4.03. The molecule has 3 heterocycles. The first-order chi connectivity index (χ1) is 14.5. The minimum atomic E-state index is -0.731. The van der Waals surface area contributed by atoms with Gasteiger partial charge in [0, 0.05) is 34.7 Å². The molecule has 8 heteroatoms. The van der Waals surface area contributed by atoms with Gasteiger partial charge in [-0.2, -0.15) is 0 Å². The molecule has 2 aromatic heterocycles. The quantitative estimate of drug-likeness (QED) is 0.574. The van der Waals surface area contributed by atoms with Gasteiger partial charge >= 0.3 is 0 Å². The van der Waals surface area contributed by atoms with E-state index in [2.05, 4.69) is 14.9 Å². The van der Waals surface area contributed by atoms with Crippen molar-refractivity contribution in [3.05, 3.63) is 47.8 Å². The molecule has 0 radical (unpaired) electrons. The Balaban J connectivity index is 1.65. The molecule has 1 saturated heterocycles. The van der Waals surface area contributed by atoms with Crippen LogP contribution in [0.4, 0.5) is 8.78 Å². The monoisotopic (exact) mass is 417 g/mol. The van der Waals surface area contributed by atoms with Crippen molar-refractivity contribution in [3.63, 3.8) is 0 Å². The van der Waals surface area contributed by atoms with Crippen molar-refractivity contribution in [2.45, 2.75) is 24.9 Å². The Morgan fingerprint density at radius 3 is 2.73 bits per heavy atom. The molecule has 1 aliphatic heterocycles. The third-order valence-electron chi connectivity index (χ3n) is 5.77. The number of likely N-dealkylation sites (tertiary alicyclic amines) is 1. The largest absolute Gasteiger partial charge is 0.496 e. The standard InChI is InChI=1S/C22H25F2N3O3/c1-30-20-3-2-14(23)8-16(20)21-17-9-19(26-22(17)25-10-18(21)24)13-4-6-27(7-5-13)11-15(29)12-28/h2-3,8-10,13,15,28-29H,4-7,11-12H2,1H3,(H,25,26). The number of aliphatic hydroxyl groups excluding tert-OH is 2. The number of methoxy groups -OCH3 is 1. The van der Waals surface area contributed by atoms with E-state index in [0.29, 0.717) is 28.9 Å². The number of aliphatic hydroxyl groups is 2. The van der Waals surface area contributed by atoms with Gasteiger partial charge in [-0.1, -0.05) is 0 Å². The highest BCUT2D eigenvalue weighted by molar-refractivity contribution is 5.95. The molecule has 30 heavy (non-hydrogen) atoms. The van der Waals surface area contributed by atoms with Gasteiger partial charge in [0.05, 0.1) is 26.0 Å². The average molecular weight is 417 g/mol. The maximum atomic E-state index is 14.8. The number of hydrogen-bond acceptors (Lipinski definition) is 5. The number of hydrogen-bond donors (Lipinski definition) is 3. The molecule has 1 unspecified atom stereocenters. The Bertz CT molecular complexity index is 1030. The summed E-state index contributed by atoms with van der Waals surface area (Å²) in [5, 5.41) is 19.2. The summed E-state index contributed by atoms with van der Waals surface area (Å²) in [6, 6.07) is 5.94. The number of H-pyrrole nitrogens is 1. The smallest absolute Gasteiger partial charge is 0.150 e. The lowest BCUT2D eigenvalue weighted by Crippen LogP contribution is -2.39. The van der Waals surface area contributed by atoms with Crippen LogP contribution in [0.1, 0.15) is 24.5 Å². The molecule has 1 fully saturated rings. The maximum Gasteiger partial charge on any atom is 0.150 e. The van der Waals surface area contributed by atoms with Crippen molar-refractivity contribution >= 4 is 11.0 Å². The van der Waals surface area contributed by atoms with Gasteiger partial charge in [-0.15, -0.1) is 0 Å². The second-order valence-electron chi connectivity index (χ2n) is 7.72. The first-order valence-corrected chi connectivity index (χ1v) is 10.0. The van der Waals surface area contributed by atoms with Crippen molar-refractivity contribution in [1.82, 2.24) is 14.9 Å². The van der Waals surface area contributed by atoms with Crippen molar-refractivity contribution < 1.29 is 23.7 Å². The highest BCUT2D eigenvalue weighted by atomic mass is 19.1. The molecule has 1 atom stereocenters. The van der Waals surface area contributed by atoms with Gasteiger partial charge in [0.15, 0.2) is 0 Å². The van der Waals surface area contributed by atoms with Crippen LogP contribution in [0.3, 0.4) is 0 Å². The molecular weight excluding hydrogens is 392 g/mol. The number of pyridine rings is 1. The van der Waals surface area contributed by atoms with Gasteiger partial charge in [0.1, 0.15) is 23.0 Å². The molecule has 0 amide bonds. The minimum absolute atomic E-state index is 0.243. The van der Waals surface area contributed by atoms with E-state index in [0.717, 1.165) is 37.8 Å². The number of ether oxygens (including phenoxy) is 1. The summed E-state index contributed by atoms with van der Waals surface area (Å²) >= 11 is 0. The van der Waals surface area contributed by atoms with Crippen LogP contribution < -0.4 is 4.74 Å². The summed E-state index contributed by atoms with van der Waals surface area (Å²) in [5.74, 6) is -0.374. The van der Waals surface area contributed by atoms with Crippen molar-refractivity contribution in [3.8, 4) is 16.9 Å². The van der Waals surface area contributed by atoms with Crippen molar-refractivity contribution in [2.24, 2.45) is 0 Å². The zero-order valence-corrected chi connectivity index (χ0v) is 16.7. The predicted molar refractivity (Wildman–Crippen MR) is 110 cm³/mol. The molecule has 3 N–H and O–H groups in total. The topological polar surface area (TPSA) is 81.6 Å². The molecular formula is C22H25F2N3O3. The molecule has 1 aliphatic rings. The van der Waals surface area contributed by atoms with E-state index in [1.165, 1.54) is 25.3 Å². The highest BCUT2D eigenvalue weighted by Crippen LogP contribution is 2.39. The summed E-state index contributed by atoms with van der Waals surface area (Å²) < 4.78 is 34.0. The van der Waals surface area contributed by atoms with Gasteiger partial charge < -0.3 is 24.8 Å². The lowest BCUT2D eigenvalue weighted by molar-refractivity contribution is 0.0512. The van der Waals surface area contributed by atoms with Crippen LogP contribution in [0.25, 0.3) is 22.2 Å². The van der Waals surface area contributed by atoms with Crippen LogP contribution in [-0.4, -0.2) is 64.5 Å². The van der Waals surface area contributed by atoms with Crippen LogP contribution in [0.5, 0.6) is 5.75 Å².